The number of aromatic nitrogens is 3. The van der Waals surface area contributed by atoms with E-state index >= 15 is 0 Å². The number of carboxylic acids is 1. The van der Waals surface area contributed by atoms with Crippen molar-refractivity contribution < 1.29 is 27.6 Å². The first-order chi connectivity index (χ1) is 13.3. The molecule has 0 fully saturated rings. The maximum atomic E-state index is 10.6. The number of amidine groups is 1. The van der Waals surface area contributed by atoms with Crippen LogP contribution in [0.3, 0.4) is 0 Å². The van der Waals surface area contributed by atoms with E-state index < -0.39 is 12.1 Å². The van der Waals surface area contributed by atoms with E-state index in [0.29, 0.717) is 18.1 Å². The quantitative estimate of drug-likeness (QED) is 0.819. The van der Waals surface area contributed by atoms with Gasteiger partial charge in [-0.05, 0) is 24.0 Å². The Morgan fingerprint density at radius 2 is 2.14 bits per heavy atom. The molecule has 0 unspecified atom stereocenters. The summed E-state index contributed by atoms with van der Waals surface area (Å²) >= 11 is 1.67. The smallest absolute Gasteiger partial charge is 0.475 e. The lowest BCUT2D eigenvalue weighted by Crippen LogP contribution is -2.30. The zero-order chi connectivity index (χ0) is 20.1. The minimum Gasteiger partial charge on any atom is -0.475 e. The fourth-order valence-electron chi connectivity index (χ4n) is 2.35. The average Bonchev–Trinajstić information content (AvgIpc) is 3.30. The van der Waals surface area contributed by atoms with Crippen LogP contribution < -0.4 is 0 Å². The van der Waals surface area contributed by atoms with Crippen molar-refractivity contribution in [3.63, 3.8) is 0 Å². The summed E-state index contributed by atoms with van der Waals surface area (Å²) in [6, 6.07) is 5.64. The van der Waals surface area contributed by atoms with E-state index in [2.05, 4.69) is 30.4 Å². The molecule has 4 rings (SSSR count). The van der Waals surface area contributed by atoms with Crippen molar-refractivity contribution in [1.82, 2.24) is 20.0 Å². The Kier molecular flexibility index (Phi) is 5.97. The molecular formula is C16H14F3N5O3S. The summed E-state index contributed by atoms with van der Waals surface area (Å²) < 4.78 is 37.1. The molecule has 2 aromatic rings. The number of alkyl halides is 3. The molecule has 0 saturated carbocycles. The van der Waals surface area contributed by atoms with Crippen LogP contribution in [0, 0.1) is 0 Å². The third kappa shape index (κ3) is 4.88. The number of pyridine rings is 1. The highest BCUT2D eigenvalue weighted by Gasteiger charge is 2.38. The van der Waals surface area contributed by atoms with Gasteiger partial charge in [0.2, 0.25) is 11.7 Å². The molecule has 28 heavy (non-hydrogen) atoms. The Morgan fingerprint density at radius 1 is 1.36 bits per heavy atom. The van der Waals surface area contributed by atoms with Gasteiger partial charge in [-0.2, -0.15) is 18.2 Å². The van der Waals surface area contributed by atoms with Gasteiger partial charge in [-0.25, -0.2) is 4.79 Å². The van der Waals surface area contributed by atoms with Crippen LogP contribution in [0.1, 0.15) is 12.3 Å². The maximum absolute atomic E-state index is 10.6. The van der Waals surface area contributed by atoms with E-state index in [9.17, 15) is 13.2 Å². The number of hydrogen-bond acceptors (Lipinski definition) is 8. The molecule has 0 amide bonds. The van der Waals surface area contributed by atoms with Gasteiger partial charge in [0.1, 0.15) is 5.69 Å². The number of carbonyl (C=O) groups is 1. The highest BCUT2D eigenvalue weighted by atomic mass is 32.2. The fourth-order valence-corrected chi connectivity index (χ4v) is 3.31. The first-order valence-corrected chi connectivity index (χ1v) is 8.94. The number of halogens is 3. The summed E-state index contributed by atoms with van der Waals surface area (Å²) in [5.41, 5.74) is 1.90. The topological polar surface area (TPSA) is 105 Å². The summed E-state index contributed by atoms with van der Waals surface area (Å²) in [6.45, 7) is 1.93. The lowest BCUT2D eigenvalue weighted by molar-refractivity contribution is -0.192. The van der Waals surface area contributed by atoms with Gasteiger partial charge in [0.25, 0.3) is 0 Å². The van der Waals surface area contributed by atoms with E-state index in [1.807, 2.05) is 18.2 Å². The van der Waals surface area contributed by atoms with Crippen molar-refractivity contribution >= 4 is 22.9 Å². The largest absolute Gasteiger partial charge is 0.490 e. The number of rotatable bonds is 3. The Hall–Kier alpha value is -2.89. The van der Waals surface area contributed by atoms with E-state index in [1.54, 1.807) is 18.0 Å². The number of carboxylic acid groups (broad SMARTS) is 1. The van der Waals surface area contributed by atoms with Gasteiger partial charge in [0.15, 0.2) is 5.17 Å². The molecule has 0 aliphatic carbocycles. The van der Waals surface area contributed by atoms with Gasteiger partial charge in [-0.1, -0.05) is 23.0 Å². The van der Waals surface area contributed by atoms with E-state index in [-0.39, 0.29) is 0 Å². The van der Waals surface area contributed by atoms with Gasteiger partial charge in [-0.3, -0.25) is 9.98 Å². The third-order valence-corrected chi connectivity index (χ3v) is 4.55. The van der Waals surface area contributed by atoms with E-state index in [0.717, 1.165) is 30.4 Å². The fraction of sp³-hybridized carbons (Fsp3) is 0.312. The first-order valence-electron chi connectivity index (χ1n) is 8.06. The molecule has 2 aliphatic heterocycles. The van der Waals surface area contributed by atoms with Gasteiger partial charge in [0, 0.05) is 25.0 Å². The summed E-state index contributed by atoms with van der Waals surface area (Å²) in [6.07, 6.45) is -1.64. The molecule has 2 aromatic heterocycles. The molecule has 148 valence electrons. The first kappa shape index (κ1) is 19.9. The second-order valence-electron chi connectivity index (χ2n) is 5.60. The van der Waals surface area contributed by atoms with Gasteiger partial charge in [0.05, 0.1) is 6.42 Å². The molecule has 0 radical (unpaired) electrons. The second-order valence-corrected chi connectivity index (χ2v) is 6.44. The van der Waals surface area contributed by atoms with Crippen LogP contribution in [0.15, 0.2) is 45.0 Å². The lowest BCUT2D eigenvalue weighted by Gasteiger charge is -2.24. The van der Waals surface area contributed by atoms with Crippen LogP contribution >= 0.6 is 11.8 Å². The van der Waals surface area contributed by atoms with Gasteiger partial charge in [-0.15, -0.1) is 0 Å². The maximum Gasteiger partial charge on any atom is 0.490 e. The van der Waals surface area contributed by atoms with Gasteiger partial charge < -0.3 is 14.5 Å². The van der Waals surface area contributed by atoms with Crippen LogP contribution in [-0.2, 0) is 11.2 Å². The second kappa shape index (κ2) is 8.42. The minimum absolute atomic E-state index is 0.532. The van der Waals surface area contributed by atoms with Crippen LogP contribution in [-0.4, -0.2) is 55.5 Å². The Bertz CT molecular complexity index is 898. The molecule has 0 saturated heterocycles. The average molecular weight is 413 g/mol. The van der Waals surface area contributed by atoms with Crippen LogP contribution in [0.5, 0.6) is 0 Å². The van der Waals surface area contributed by atoms with Crippen molar-refractivity contribution in [3.8, 4) is 11.5 Å². The summed E-state index contributed by atoms with van der Waals surface area (Å²) in [4.78, 5) is 24.3. The Labute approximate surface area is 161 Å². The molecule has 2 aliphatic rings. The SMILES string of the molecule is C1=C(Cc2nc(-c3ccccn3)no2)N2CCCN=C2S1.O=C(O)C(F)(F)F. The standard InChI is InChI=1S/C14H13N5OS.C2HF3O2/c1-2-5-15-11(4-1)13-17-12(20-18-13)8-10-9-21-14-16-6-3-7-19(10)14;3-2(4,5)1(6)7/h1-2,4-5,9H,3,6-8H2;(H,6,7). The van der Waals surface area contributed by atoms with E-state index in [1.165, 1.54) is 5.70 Å². The van der Waals surface area contributed by atoms with Crippen LogP contribution in [0.25, 0.3) is 11.5 Å². The molecule has 0 bridgehead atoms. The molecule has 4 heterocycles. The molecule has 0 spiro atoms. The summed E-state index contributed by atoms with van der Waals surface area (Å²) in [7, 11) is 0. The zero-order valence-corrected chi connectivity index (χ0v) is 15.1. The molecular weight excluding hydrogens is 399 g/mol. The number of fused-ring (bicyclic) bond motifs is 1. The molecule has 0 aromatic carbocycles. The molecule has 0 atom stereocenters. The lowest BCUT2D eigenvalue weighted by atomic mass is 10.2. The highest BCUT2D eigenvalue weighted by molar-refractivity contribution is 8.16. The Balaban J connectivity index is 0.000000279. The predicted octanol–water partition coefficient (Wildman–Crippen LogP) is 2.96. The summed E-state index contributed by atoms with van der Waals surface area (Å²) in [5.74, 6) is -1.62. The zero-order valence-electron chi connectivity index (χ0n) is 14.3. The predicted molar refractivity (Wildman–Crippen MR) is 94.2 cm³/mol. The number of aliphatic imine (C=N–C) groups is 1. The van der Waals surface area contributed by atoms with Crippen molar-refractivity contribution in [3.05, 3.63) is 41.4 Å². The monoisotopic (exact) mass is 413 g/mol. The molecule has 12 heteroatoms. The normalized spacial score (nSPS) is 15.9. The van der Waals surface area contributed by atoms with Crippen molar-refractivity contribution in [2.24, 2.45) is 4.99 Å². The Morgan fingerprint density at radius 3 is 2.82 bits per heavy atom. The molecule has 8 nitrogen and oxygen atoms in total. The van der Waals surface area contributed by atoms with Crippen molar-refractivity contribution in [2.75, 3.05) is 13.1 Å². The van der Waals surface area contributed by atoms with Crippen molar-refractivity contribution in [1.29, 1.82) is 0 Å². The number of aliphatic carboxylic acids is 1. The third-order valence-electron chi connectivity index (χ3n) is 3.60. The number of nitrogens with zero attached hydrogens (tertiary/aromatic N) is 5. The van der Waals surface area contributed by atoms with Crippen LogP contribution in [0.4, 0.5) is 13.2 Å². The number of thioether (sulfide) groups is 1. The van der Waals surface area contributed by atoms with E-state index in [4.69, 9.17) is 14.4 Å². The highest BCUT2D eigenvalue weighted by Crippen LogP contribution is 2.30. The van der Waals surface area contributed by atoms with Crippen LogP contribution in [0.2, 0.25) is 0 Å². The minimum atomic E-state index is -5.08. The number of hydrogen-bond donors (Lipinski definition) is 1. The van der Waals surface area contributed by atoms with Gasteiger partial charge >= 0.3 is 12.1 Å². The number of allylic oxidation sites excluding steroid dienone is 1. The molecule has 1 N–H and O–H groups in total. The summed E-state index contributed by atoms with van der Waals surface area (Å²) in [5, 5.41) is 14.3. The van der Waals surface area contributed by atoms with Crippen molar-refractivity contribution in [2.45, 2.75) is 19.0 Å².